The number of benzene rings is 23. The van der Waals surface area contributed by atoms with Gasteiger partial charge in [0, 0.05) is 98.8 Å². The van der Waals surface area contributed by atoms with Gasteiger partial charge in [0.15, 0.2) is 0 Å². The van der Waals surface area contributed by atoms with Crippen LogP contribution in [-0.2, 0) is 0 Å². The van der Waals surface area contributed by atoms with E-state index in [1.165, 1.54) is 247 Å². The van der Waals surface area contributed by atoms with Crippen LogP contribution in [0.1, 0.15) is 0 Å². The minimum atomic E-state index is 1.15. The smallest absolute Gasteiger partial charge is 0.0541 e. The first-order valence-electron chi connectivity index (χ1n) is 47.5. The summed E-state index contributed by atoms with van der Waals surface area (Å²) in [5.41, 5.74) is 33.9. The molecule has 0 aliphatic carbocycles. The molecule has 0 N–H and O–H groups in total. The van der Waals surface area contributed by atoms with Crippen LogP contribution in [0.3, 0.4) is 0 Å². The molecular formula is C132H86N6. The van der Waals surface area contributed by atoms with Crippen LogP contribution in [0, 0.1) is 0 Å². The lowest BCUT2D eigenvalue weighted by Gasteiger charge is -2.11. The number of rotatable bonds is 11. The van der Waals surface area contributed by atoms with Gasteiger partial charge >= 0.3 is 0 Å². The predicted molar refractivity (Wildman–Crippen MR) is 585 cm³/mol. The molecule has 0 saturated carbocycles. The van der Waals surface area contributed by atoms with Crippen molar-refractivity contribution in [2.45, 2.75) is 0 Å². The van der Waals surface area contributed by atoms with Gasteiger partial charge in [0.05, 0.1) is 66.2 Å². The summed E-state index contributed by atoms with van der Waals surface area (Å²) in [7, 11) is 0. The first-order valence-corrected chi connectivity index (χ1v) is 47.5. The minimum absolute atomic E-state index is 1.15. The van der Waals surface area contributed by atoms with E-state index >= 15 is 0 Å². The van der Waals surface area contributed by atoms with Crippen molar-refractivity contribution in [1.82, 2.24) is 27.4 Å². The molecule has 29 aromatic rings. The molecule has 644 valence electrons. The number of hydrogen-bond acceptors (Lipinski definition) is 0. The maximum atomic E-state index is 2.42. The Hall–Kier alpha value is -18.4. The van der Waals surface area contributed by atoms with E-state index in [9.17, 15) is 0 Å². The van der Waals surface area contributed by atoms with E-state index in [1.54, 1.807) is 0 Å². The molecule has 29 rings (SSSR count). The molecule has 6 nitrogen and oxygen atoms in total. The van der Waals surface area contributed by atoms with Crippen molar-refractivity contribution in [2.24, 2.45) is 0 Å². The highest BCUT2D eigenvalue weighted by molar-refractivity contribution is 6.18. The summed E-state index contributed by atoms with van der Waals surface area (Å²) in [6, 6.07) is 190. The van der Waals surface area contributed by atoms with Crippen LogP contribution >= 0.6 is 0 Å². The Morgan fingerprint density at radius 2 is 0.297 bits per heavy atom. The monoisotopic (exact) mass is 1750 g/mol. The highest BCUT2D eigenvalue weighted by Gasteiger charge is 2.23. The van der Waals surface area contributed by atoms with Crippen LogP contribution in [0.4, 0.5) is 0 Å². The average molecular weight is 1760 g/mol. The van der Waals surface area contributed by atoms with E-state index in [0.717, 1.165) is 5.69 Å². The van der Waals surface area contributed by atoms with Crippen LogP contribution < -0.4 is 0 Å². The Balaban J connectivity index is 0.000000105. The summed E-state index contributed by atoms with van der Waals surface area (Å²) in [5, 5.41) is 22.8. The van der Waals surface area contributed by atoms with Gasteiger partial charge in [-0.3, -0.25) is 0 Å². The van der Waals surface area contributed by atoms with Crippen molar-refractivity contribution < 1.29 is 0 Å². The van der Waals surface area contributed by atoms with E-state index in [1.807, 2.05) is 0 Å². The Morgan fingerprint density at radius 1 is 0.0870 bits per heavy atom. The molecule has 0 bridgehead atoms. The van der Waals surface area contributed by atoms with Crippen LogP contribution in [0.15, 0.2) is 522 Å². The number of hydrogen-bond donors (Lipinski definition) is 0. The van der Waals surface area contributed by atoms with Gasteiger partial charge in [-0.25, -0.2) is 0 Å². The van der Waals surface area contributed by atoms with Gasteiger partial charge < -0.3 is 27.4 Å². The topological polar surface area (TPSA) is 29.6 Å². The second-order valence-electron chi connectivity index (χ2n) is 36.2. The summed E-state index contributed by atoms with van der Waals surface area (Å²) in [5.74, 6) is 0. The van der Waals surface area contributed by atoms with Crippen LogP contribution in [0.25, 0.3) is 253 Å². The molecule has 0 radical (unpaired) electrons. The normalized spacial score (nSPS) is 11.8. The molecule has 0 atom stereocenters. The molecule has 0 unspecified atom stereocenters. The van der Waals surface area contributed by atoms with Crippen LogP contribution in [0.5, 0.6) is 0 Å². The Bertz CT molecular complexity index is 9900. The fourth-order valence-electron chi connectivity index (χ4n) is 22.1. The first kappa shape index (κ1) is 79.4. The Morgan fingerprint density at radius 3 is 0.645 bits per heavy atom. The van der Waals surface area contributed by atoms with Crippen molar-refractivity contribution in [3.8, 4) is 89.8 Å². The lowest BCUT2D eigenvalue weighted by atomic mass is 9.99. The van der Waals surface area contributed by atoms with Crippen molar-refractivity contribution in [2.75, 3.05) is 0 Å². The molecule has 0 fully saturated rings. The lowest BCUT2D eigenvalue weighted by Crippen LogP contribution is -1.94. The molecule has 0 aliphatic heterocycles. The number of aromatic nitrogens is 6. The number of fused-ring (bicyclic) bond motifs is 22. The third-order valence-electron chi connectivity index (χ3n) is 28.5. The van der Waals surface area contributed by atoms with Gasteiger partial charge in [-0.05, 0) is 276 Å². The Labute approximate surface area is 796 Å². The molecule has 6 heterocycles. The third-order valence-corrected chi connectivity index (χ3v) is 28.5. The highest BCUT2D eigenvalue weighted by atomic mass is 15.0. The lowest BCUT2D eigenvalue weighted by molar-refractivity contribution is 1.18. The minimum Gasteiger partial charge on any atom is -0.309 e. The van der Waals surface area contributed by atoms with Gasteiger partial charge in [0.25, 0.3) is 0 Å². The van der Waals surface area contributed by atoms with Gasteiger partial charge in [0.2, 0.25) is 0 Å². The number of para-hydroxylation sites is 9. The van der Waals surface area contributed by atoms with E-state index in [-0.39, 0.29) is 0 Å². The highest BCUT2D eigenvalue weighted by Crippen LogP contribution is 2.46. The maximum absolute atomic E-state index is 2.42. The molecule has 0 aliphatic rings. The molecular weight excluding hydrogens is 1670 g/mol. The third kappa shape index (κ3) is 13.3. The first-order chi connectivity index (χ1) is 68.4. The predicted octanol–water partition coefficient (Wildman–Crippen LogP) is 35.4. The van der Waals surface area contributed by atoms with Crippen molar-refractivity contribution in [3.63, 3.8) is 0 Å². The van der Waals surface area contributed by atoms with Crippen molar-refractivity contribution >= 4 is 163 Å². The fraction of sp³-hybridized carbons (Fsp3) is 0. The zero-order valence-corrected chi connectivity index (χ0v) is 75.3. The summed E-state index contributed by atoms with van der Waals surface area (Å²) in [4.78, 5) is 0. The van der Waals surface area contributed by atoms with Gasteiger partial charge in [-0.1, -0.05) is 334 Å². The molecule has 0 spiro atoms. The summed E-state index contributed by atoms with van der Waals surface area (Å²) < 4.78 is 14.3. The molecule has 6 heteroatoms. The molecule has 0 amide bonds. The second-order valence-corrected chi connectivity index (χ2v) is 36.2. The maximum Gasteiger partial charge on any atom is 0.0541 e. The van der Waals surface area contributed by atoms with E-state index < -0.39 is 0 Å². The summed E-state index contributed by atoms with van der Waals surface area (Å²) in [6.45, 7) is 0. The van der Waals surface area contributed by atoms with Crippen LogP contribution in [-0.4, -0.2) is 27.4 Å². The molecule has 6 aromatic heterocycles. The summed E-state index contributed by atoms with van der Waals surface area (Å²) in [6.07, 6.45) is 0. The Kier molecular flexibility index (Phi) is 18.9. The fourth-order valence-corrected chi connectivity index (χ4v) is 22.1. The zero-order valence-electron chi connectivity index (χ0n) is 75.3. The van der Waals surface area contributed by atoms with Gasteiger partial charge in [-0.15, -0.1) is 0 Å². The molecule has 138 heavy (non-hydrogen) atoms. The number of nitrogens with zero attached hydrogens (tertiary/aromatic N) is 6. The van der Waals surface area contributed by atoms with E-state index in [2.05, 4.69) is 549 Å². The quantitative estimate of drug-likeness (QED) is 0.116. The SMILES string of the molecule is c1ccc(-c2cccc(-c3ccc(-n4c5ccccc5c5cc(-c6ccc7c(c6)c6ccccc6n7-c6ccccc6)ccc54)cc3)c2)cc1.c1ccc(-n2c3ccccc3c3cc(-c4ccc5c(c4)c4ccccc4n5-c4ccc5ccc6ccccc6c5c4)ccc32)cc1.c1ccc(-n2c3ccccc3c3cc(-c4ccc5c(c4)c4ccccc4n5-c4ccc5ccccc5c4)ccc32)cc1. The summed E-state index contributed by atoms with van der Waals surface area (Å²) >= 11 is 0. The van der Waals surface area contributed by atoms with Gasteiger partial charge in [-0.2, -0.15) is 0 Å². The van der Waals surface area contributed by atoms with Gasteiger partial charge in [0.1, 0.15) is 0 Å². The van der Waals surface area contributed by atoms with Crippen molar-refractivity contribution in [1.29, 1.82) is 0 Å². The second kappa shape index (κ2) is 32.8. The van der Waals surface area contributed by atoms with Crippen molar-refractivity contribution in [3.05, 3.63) is 522 Å². The standard InChI is InChI=1S/C48H32N2.C44H28N2.C40H26N2/c1-3-12-33(13-4-1)35-14-11-15-36(30-35)34-22-26-40(27-23-34)50-46-21-10-8-19-42(46)44-32-38(25-29-48(44)50)37-24-28-47-43(31-37)41-18-7-9-20-45(41)49(47)39-16-5-2-6-17-39;1-2-11-33(12-3-1)45-41-16-8-6-14-36(41)39-26-31(21-24-43(39)45)32-22-25-44-40(27-32)37-15-7-9-17-42(37)46(44)34-23-20-30-19-18-29-10-4-5-13-35(29)38(30)28-34;1-2-12-31(13-3-1)41-37-16-8-6-14-33(37)35-25-29(19-22-39(35)41)30-20-23-40-36(26-30)34-15-7-9-17-38(34)42(40)32-21-18-27-10-4-5-11-28(27)24-32/h1-32H;1-28H;1-26H. The average Bonchev–Trinajstić information content (AvgIpc) is 1.59. The largest absolute Gasteiger partial charge is 0.309 e. The zero-order chi connectivity index (χ0) is 90.8. The van der Waals surface area contributed by atoms with E-state index in [0.29, 0.717) is 0 Å². The molecule has 23 aromatic carbocycles. The van der Waals surface area contributed by atoms with E-state index in [4.69, 9.17) is 0 Å². The van der Waals surface area contributed by atoms with Crippen LogP contribution in [0.2, 0.25) is 0 Å². The molecule has 0 saturated heterocycles.